The van der Waals surface area contributed by atoms with Crippen LogP contribution in [-0.4, -0.2) is 29.4 Å². The summed E-state index contributed by atoms with van der Waals surface area (Å²) in [5.74, 6) is 1.03. The molecule has 0 bridgehead atoms. The van der Waals surface area contributed by atoms with Crippen molar-refractivity contribution in [2.24, 2.45) is 11.7 Å². The van der Waals surface area contributed by atoms with Gasteiger partial charge < -0.3 is 10.6 Å². The van der Waals surface area contributed by atoms with Gasteiger partial charge in [0.1, 0.15) is 0 Å². The summed E-state index contributed by atoms with van der Waals surface area (Å²) in [6.45, 7) is 2.95. The average Bonchev–Trinajstić information content (AvgIpc) is 3.01. The van der Waals surface area contributed by atoms with E-state index < -0.39 is 0 Å². The zero-order valence-electron chi connectivity index (χ0n) is 10.0. The van der Waals surface area contributed by atoms with E-state index in [0.29, 0.717) is 17.9 Å². The Morgan fingerprint density at radius 1 is 1.38 bits per heavy atom. The van der Waals surface area contributed by atoms with Crippen LogP contribution in [0.15, 0.2) is 0 Å². The zero-order chi connectivity index (χ0) is 10.8. The molecule has 2 unspecified atom stereocenters. The Labute approximate surface area is 104 Å². The number of nitrogens with two attached hydrogens (primary N) is 1. The first kappa shape index (κ1) is 13.8. The minimum atomic E-state index is 0. The summed E-state index contributed by atoms with van der Waals surface area (Å²) < 4.78 is 0. The summed E-state index contributed by atoms with van der Waals surface area (Å²) in [6.07, 6.45) is 6.74. The van der Waals surface area contributed by atoms with E-state index in [-0.39, 0.29) is 18.4 Å². The van der Waals surface area contributed by atoms with Crippen molar-refractivity contribution in [1.82, 2.24) is 4.90 Å². The van der Waals surface area contributed by atoms with Crippen molar-refractivity contribution in [3.05, 3.63) is 0 Å². The van der Waals surface area contributed by atoms with Crippen LogP contribution in [0.4, 0.5) is 0 Å². The summed E-state index contributed by atoms with van der Waals surface area (Å²) in [7, 11) is 0. The van der Waals surface area contributed by atoms with Gasteiger partial charge in [-0.3, -0.25) is 4.79 Å². The van der Waals surface area contributed by atoms with E-state index in [9.17, 15) is 4.79 Å². The molecule has 2 atom stereocenters. The first-order chi connectivity index (χ1) is 7.18. The van der Waals surface area contributed by atoms with E-state index in [0.717, 1.165) is 25.8 Å². The molecule has 1 heterocycles. The molecule has 2 aliphatic rings. The van der Waals surface area contributed by atoms with Gasteiger partial charge in [0, 0.05) is 25.0 Å². The fraction of sp³-hybridized carbons (Fsp3) is 0.917. The predicted octanol–water partition coefficient (Wildman–Crippen LogP) is 1.94. The number of piperidine rings is 1. The molecule has 0 aromatic heterocycles. The second-order valence-corrected chi connectivity index (χ2v) is 5.16. The van der Waals surface area contributed by atoms with E-state index in [1.165, 1.54) is 19.3 Å². The number of amides is 1. The van der Waals surface area contributed by atoms with Gasteiger partial charge in [-0.1, -0.05) is 0 Å². The molecule has 1 saturated heterocycles. The number of nitrogens with zero attached hydrogens (tertiary/aromatic N) is 1. The summed E-state index contributed by atoms with van der Waals surface area (Å²) in [6, 6.07) is 0.415. The Balaban J connectivity index is 0.00000128. The fourth-order valence-electron chi connectivity index (χ4n) is 2.50. The van der Waals surface area contributed by atoms with Gasteiger partial charge in [-0.25, -0.2) is 0 Å². The number of carbonyl (C=O) groups excluding carboxylic acids is 1. The Morgan fingerprint density at radius 3 is 2.62 bits per heavy atom. The summed E-state index contributed by atoms with van der Waals surface area (Å²) in [5.41, 5.74) is 5.95. The number of likely N-dealkylation sites (tertiary alicyclic amines) is 1. The molecule has 1 aliphatic heterocycles. The lowest BCUT2D eigenvalue weighted by Gasteiger charge is -2.38. The predicted molar refractivity (Wildman–Crippen MR) is 67.6 cm³/mol. The lowest BCUT2D eigenvalue weighted by atomic mass is 9.96. The van der Waals surface area contributed by atoms with Crippen LogP contribution in [0.2, 0.25) is 0 Å². The second-order valence-electron chi connectivity index (χ2n) is 5.16. The summed E-state index contributed by atoms with van der Waals surface area (Å²) in [4.78, 5) is 14.1. The molecule has 1 saturated carbocycles. The molecule has 0 radical (unpaired) electrons. The molecular formula is C12H23ClN2O. The number of rotatable bonds is 3. The molecule has 4 heteroatoms. The van der Waals surface area contributed by atoms with Crippen molar-refractivity contribution in [2.75, 3.05) is 6.54 Å². The van der Waals surface area contributed by atoms with Crippen LogP contribution in [0.1, 0.15) is 45.4 Å². The minimum Gasteiger partial charge on any atom is -0.338 e. The van der Waals surface area contributed by atoms with Crippen LogP contribution in [0, 0.1) is 5.92 Å². The van der Waals surface area contributed by atoms with Crippen molar-refractivity contribution < 1.29 is 4.79 Å². The zero-order valence-corrected chi connectivity index (χ0v) is 10.8. The van der Waals surface area contributed by atoms with E-state index in [1.54, 1.807) is 0 Å². The first-order valence-electron chi connectivity index (χ1n) is 6.23. The van der Waals surface area contributed by atoms with Crippen LogP contribution in [-0.2, 0) is 4.79 Å². The van der Waals surface area contributed by atoms with Crippen molar-refractivity contribution in [1.29, 1.82) is 0 Å². The lowest BCUT2D eigenvalue weighted by Crippen LogP contribution is -2.51. The Kier molecular flexibility index (Phi) is 5.06. The third-order valence-corrected chi connectivity index (χ3v) is 3.64. The fourth-order valence-corrected chi connectivity index (χ4v) is 2.50. The lowest BCUT2D eigenvalue weighted by molar-refractivity contribution is -0.135. The highest BCUT2D eigenvalue weighted by molar-refractivity contribution is 5.85. The Morgan fingerprint density at radius 2 is 2.06 bits per heavy atom. The molecule has 94 valence electrons. The minimum absolute atomic E-state index is 0. The Hall–Kier alpha value is -0.280. The number of carbonyl (C=O) groups is 1. The molecule has 2 N–H and O–H groups in total. The largest absolute Gasteiger partial charge is 0.338 e. The normalized spacial score (nSPS) is 27.1. The van der Waals surface area contributed by atoms with Gasteiger partial charge in [0.15, 0.2) is 0 Å². The van der Waals surface area contributed by atoms with Gasteiger partial charge in [0.05, 0.1) is 0 Å². The molecule has 1 aliphatic carbocycles. The highest BCUT2D eigenvalue weighted by Gasteiger charge is 2.32. The maximum absolute atomic E-state index is 12.0. The third-order valence-electron chi connectivity index (χ3n) is 3.64. The van der Waals surface area contributed by atoms with Crippen LogP contribution >= 0.6 is 12.4 Å². The van der Waals surface area contributed by atoms with Crippen molar-refractivity contribution in [2.45, 2.75) is 57.5 Å². The molecule has 3 nitrogen and oxygen atoms in total. The number of hydrogen-bond acceptors (Lipinski definition) is 2. The molecule has 2 fully saturated rings. The molecule has 0 spiro atoms. The van der Waals surface area contributed by atoms with Crippen LogP contribution < -0.4 is 5.73 Å². The molecule has 1 amide bonds. The van der Waals surface area contributed by atoms with E-state index in [2.05, 4.69) is 0 Å². The van der Waals surface area contributed by atoms with Crippen LogP contribution in [0.25, 0.3) is 0 Å². The molecule has 0 aromatic rings. The Bertz CT molecular complexity index is 241. The van der Waals surface area contributed by atoms with Gasteiger partial charge in [0.2, 0.25) is 5.91 Å². The van der Waals surface area contributed by atoms with E-state index in [1.807, 2.05) is 11.8 Å². The van der Waals surface area contributed by atoms with E-state index >= 15 is 0 Å². The van der Waals surface area contributed by atoms with Crippen molar-refractivity contribution in [3.63, 3.8) is 0 Å². The molecular weight excluding hydrogens is 224 g/mol. The smallest absolute Gasteiger partial charge is 0.223 e. The van der Waals surface area contributed by atoms with Crippen molar-refractivity contribution in [3.8, 4) is 0 Å². The SMILES string of the molecule is CC(N)C1CCCCN1C(=O)CC1CC1.Cl. The maximum Gasteiger partial charge on any atom is 0.223 e. The summed E-state index contributed by atoms with van der Waals surface area (Å²) >= 11 is 0. The molecule has 16 heavy (non-hydrogen) atoms. The first-order valence-corrected chi connectivity index (χ1v) is 6.23. The number of halogens is 1. The highest BCUT2D eigenvalue weighted by Crippen LogP contribution is 2.33. The van der Waals surface area contributed by atoms with Gasteiger partial charge in [-0.2, -0.15) is 0 Å². The van der Waals surface area contributed by atoms with Gasteiger partial charge in [-0.05, 0) is 44.9 Å². The average molecular weight is 247 g/mol. The standard InChI is InChI=1S/C12H22N2O.ClH/c1-9(13)11-4-2-3-7-14(11)12(15)8-10-5-6-10;/h9-11H,2-8,13H2,1H3;1H. The molecule has 0 aromatic carbocycles. The van der Waals surface area contributed by atoms with Crippen LogP contribution in [0.5, 0.6) is 0 Å². The topological polar surface area (TPSA) is 46.3 Å². The third kappa shape index (κ3) is 3.36. The molecule has 2 rings (SSSR count). The maximum atomic E-state index is 12.0. The van der Waals surface area contributed by atoms with Gasteiger partial charge in [-0.15, -0.1) is 12.4 Å². The van der Waals surface area contributed by atoms with Gasteiger partial charge >= 0.3 is 0 Å². The number of hydrogen-bond donors (Lipinski definition) is 1. The van der Waals surface area contributed by atoms with Crippen LogP contribution in [0.3, 0.4) is 0 Å². The quantitative estimate of drug-likeness (QED) is 0.827. The second kappa shape index (κ2) is 5.87. The van der Waals surface area contributed by atoms with Gasteiger partial charge in [0.25, 0.3) is 0 Å². The summed E-state index contributed by atoms with van der Waals surface area (Å²) in [5, 5.41) is 0. The monoisotopic (exact) mass is 246 g/mol. The van der Waals surface area contributed by atoms with Crippen molar-refractivity contribution >= 4 is 18.3 Å². The highest BCUT2D eigenvalue weighted by atomic mass is 35.5. The van der Waals surface area contributed by atoms with E-state index in [4.69, 9.17) is 5.73 Å².